The Labute approximate surface area is 206 Å². The normalized spacial score (nSPS) is 33.2. The third-order valence-corrected chi connectivity index (χ3v) is 8.67. The molecule has 0 aliphatic heterocycles. The van der Waals surface area contributed by atoms with Crippen molar-refractivity contribution < 1.29 is 26.7 Å². The number of alkyl halides is 5. The number of ether oxygens (including phenoxy) is 1. The van der Waals surface area contributed by atoms with Crippen LogP contribution in [0.3, 0.4) is 0 Å². The molecular formula is C29H39F5O. The van der Waals surface area contributed by atoms with E-state index >= 15 is 0 Å². The maximum atomic E-state index is 14.6. The van der Waals surface area contributed by atoms with E-state index in [0.29, 0.717) is 49.4 Å². The number of allylic oxidation sites excluding steroid dienone is 2. The SMILES string of the molecule is CC1CCC(C(F)(F)OC2CCC(/C=C/C3CCC(c4ccc(C(F)(F)F)cc4)CC3)CC2)CC1. The minimum atomic E-state index is -4.29. The Hall–Kier alpha value is -1.43. The lowest BCUT2D eigenvalue weighted by Gasteiger charge is -2.36. The molecule has 1 nitrogen and oxygen atoms in total. The molecule has 0 N–H and O–H groups in total. The summed E-state index contributed by atoms with van der Waals surface area (Å²) in [5, 5.41) is 0. The fraction of sp³-hybridized carbons (Fsp3) is 0.724. The highest BCUT2D eigenvalue weighted by atomic mass is 19.4. The van der Waals surface area contributed by atoms with Crippen molar-refractivity contribution >= 4 is 0 Å². The van der Waals surface area contributed by atoms with E-state index < -0.39 is 23.8 Å². The molecule has 4 rings (SSSR count). The highest BCUT2D eigenvalue weighted by Crippen LogP contribution is 2.42. The second-order valence-electron chi connectivity index (χ2n) is 11.3. The molecule has 6 heteroatoms. The first-order valence-electron chi connectivity index (χ1n) is 13.5. The van der Waals surface area contributed by atoms with Gasteiger partial charge in [0.25, 0.3) is 0 Å². The zero-order valence-electron chi connectivity index (χ0n) is 20.7. The van der Waals surface area contributed by atoms with Gasteiger partial charge in [0.15, 0.2) is 0 Å². The van der Waals surface area contributed by atoms with Crippen LogP contribution < -0.4 is 0 Å². The topological polar surface area (TPSA) is 9.23 Å². The molecule has 3 saturated carbocycles. The third kappa shape index (κ3) is 7.30. The molecule has 0 heterocycles. The molecule has 0 unspecified atom stereocenters. The molecule has 0 aromatic heterocycles. The van der Waals surface area contributed by atoms with E-state index in [1.807, 2.05) is 0 Å². The monoisotopic (exact) mass is 498 g/mol. The molecule has 1 aromatic rings. The van der Waals surface area contributed by atoms with E-state index in [2.05, 4.69) is 19.1 Å². The average molecular weight is 499 g/mol. The van der Waals surface area contributed by atoms with Gasteiger partial charge in [0.05, 0.1) is 17.6 Å². The predicted octanol–water partition coefficient (Wildman–Crippen LogP) is 9.53. The fourth-order valence-electron chi connectivity index (χ4n) is 6.22. The average Bonchev–Trinajstić information content (AvgIpc) is 2.84. The number of halogens is 5. The molecule has 0 spiro atoms. The zero-order valence-corrected chi connectivity index (χ0v) is 20.7. The van der Waals surface area contributed by atoms with E-state index in [4.69, 9.17) is 4.74 Å². The first-order valence-corrected chi connectivity index (χ1v) is 13.5. The smallest absolute Gasteiger partial charge is 0.317 e. The van der Waals surface area contributed by atoms with Gasteiger partial charge in [0.2, 0.25) is 0 Å². The second-order valence-corrected chi connectivity index (χ2v) is 11.3. The predicted molar refractivity (Wildman–Crippen MR) is 128 cm³/mol. The van der Waals surface area contributed by atoms with Gasteiger partial charge in [-0.15, -0.1) is 0 Å². The van der Waals surface area contributed by atoms with Gasteiger partial charge >= 0.3 is 12.3 Å². The van der Waals surface area contributed by atoms with E-state index in [1.54, 1.807) is 12.1 Å². The summed E-state index contributed by atoms with van der Waals surface area (Å²) in [4.78, 5) is 0. The maximum Gasteiger partial charge on any atom is 0.416 e. The minimum Gasteiger partial charge on any atom is -0.317 e. The number of hydrogen-bond acceptors (Lipinski definition) is 1. The standard InChI is InChI=1S/C29H39F5O/c1-20-2-14-26(15-3-20)29(33,34)35-27-18-8-22(9-19-27)5-4-21-6-10-23(11-7-21)24-12-16-25(17-13-24)28(30,31)32/h4-5,12-13,16-17,20-23,26-27H,2-3,6-11,14-15,18-19H2,1H3/b5-4+. The molecule has 0 atom stereocenters. The van der Waals surface area contributed by atoms with Gasteiger partial charge in [-0.25, -0.2) is 0 Å². The van der Waals surface area contributed by atoms with E-state index in [-0.39, 0.29) is 6.10 Å². The van der Waals surface area contributed by atoms with Crippen LogP contribution in [-0.4, -0.2) is 12.2 Å². The summed E-state index contributed by atoms with van der Waals surface area (Å²) in [6.45, 7) is 2.13. The molecule has 0 amide bonds. The van der Waals surface area contributed by atoms with Gasteiger partial charge in [-0.1, -0.05) is 44.1 Å². The summed E-state index contributed by atoms with van der Waals surface area (Å²) in [7, 11) is 0. The van der Waals surface area contributed by atoms with Gasteiger partial charge in [0, 0.05) is 0 Å². The van der Waals surface area contributed by atoms with Gasteiger partial charge in [0.1, 0.15) is 0 Å². The molecule has 3 aliphatic carbocycles. The molecule has 0 saturated heterocycles. The van der Waals surface area contributed by atoms with Crippen LogP contribution >= 0.6 is 0 Å². The molecule has 35 heavy (non-hydrogen) atoms. The Morgan fingerprint density at radius 1 is 0.686 bits per heavy atom. The summed E-state index contributed by atoms with van der Waals surface area (Å²) < 4.78 is 73.0. The molecule has 1 aromatic carbocycles. The Morgan fingerprint density at radius 2 is 1.20 bits per heavy atom. The van der Waals surface area contributed by atoms with Crippen molar-refractivity contribution in [3.8, 4) is 0 Å². The van der Waals surface area contributed by atoms with Crippen molar-refractivity contribution in [1.29, 1.82) is 0 Å². The van der Waals surface area contributed by atoms with Gasteiger partial charge in [-0.05, 0) is 106 Å². The first kappa shape index (κ1) is 26.6. The van der Waals surface area contributed by atoms with Crippen LogP contribution in [0, 0.1) is 23.7 Å². The molecular weight excluding hydrogens is 459 g/mol. The van der Waals surface area contributed by atoms with Gasteiger partial charge in [-0.2, -0.15) is 22.0 Å². The molecule has 196 valence electrons. The van der Waals surface area contributed by atoms with Crippen molar-refractivity contribution in [2.75, 3.05) is 0 Å². The highest BCUT2D eigenvalue weighted by molar-refractivity contribution is 5.27. The molecule has 3 fully saturated rings. The Morgan fingerprint density at radius 3 is 1.71 bits per heavy atom. The first-order chi connectivity index (χ1) is 16.6. The van der Waals surface area contributed by atoms with E-state index in [9.17, 15) is 22.0 Å². The van der Waals surface area contributed by atoms with Crippen LogP contribution in [0.1, 0.15) is 101 Å². The lowest BCUT2D eigenvalue weighted by molar-refractivity contribution is -0.301. The molecule has 3 aliphatic rings. The van der Waals surface area contributed by atoms with E-state index in [1.165, 1.54) is 12.1 Å². The number of rotatable bonds is 6. The minimum absolute atomic E-state index is 0.323. The van der Waals surface area contributed by atoms with Crippen LogP contribution in [-0.2, 0) is 10.9 Å². The summed E-state index contributed by atoms with van der Waals surface area (Å²) in [6, 6.07) is 5.63. The largest absolute Gasteiger partial charge is 0.416 e. The van der Waals surface area contributed by atoms with Crippen LogP contribution in [0.5, 0.6) is 0 Å². The third-order valence-electron chi connectivity index (χ3n) is 8.67. The van der Waals surface area contributed by atoms with Gasteiger partial charge < -0.3 is 4.74 Å². The summed E-state index contributed by atoms with van der Waals surface area (Å²) in [5.41, 5.74) is 0.406. The van der Waals surface area contributed by atoms with Crippen LogP contribution in [0.4, 0.5) is 22.0 Å². The molecule has 0 radical (unpaired) electrons. The van der Waals surface area contributed by atoms with Crippen molar-refractivity contribution in [2.45, 2.75) is 108 Å². The van der Waals surface area contributed by atoms with Gasteiger partial charge in [-0.3, -0.25) is 0 Å². The fourth-order valence-corrected chi connectivity index (χ4v) is 6.22. The lowest BCUT2D eigenvalue weighted by Crippen LogP contribution is -2.38. The Kier molecular flexibility index (Phi) is 8.61. The number of hydrogen-bond donors (Lipinski definition) is 0. The Balaban J connectivity index is 1.17. The summed E-state index contributed by atoms with van der Waals surface area (Å²) in [5.74, 6) is 1.15. The van der Waals surface area contributed by atoms with Crippen molar-refractivity contribution in [2.24, 2.45) is 23.7 Å². The maximum absolute atomic E-state index is 14.6. The van der Waals surface area contributed by atoms with E-state index in [0.717, 1.165) is 56.9 Å². The van der Waals surface area contributed by atoms with Crippen LogP contribution in [0.15, 0.2) is 36.4 Å². The number of benzene rings is 1. The zero-order chi connectivity index (χ0) is 25.1. The lowest BCUT2D eigenvalue weighted by atomic mass is 9.77. The van der Waals surface area contributed by atoms with Crippen LogP contribution in [0.25, 0.3) is 0 Å². The quantitative estimate of drug-likeness (QED) is 0.280. The summed E-state index contributed by atoms with van der Waals surface area (Å²) in [6.07, 6.45) is 7.00. The van der Waals surface area contributed by atoms with Crippen molar-refractivity contribution in [3.05, 3.63) is 47.5 Å². The molecule has 0 bridgehead atoms. The van der Waals surface area contributed by atoms with Crippen LogP contribution in [0.2, 0.25) is 0 Å². The van der Waals surface area contributed by atoms with Crippen molar-refractivity contribution in [1.82, 2.24) is 0 Å². The summed E-state index contributed by atoms with van der Waals surface area (Å²) >= 11 is 0. The second kappa shape index (κ2) is 11.3. The Bertz CT molecular complexity index is 806. The van der Waals surface area contributed by atoms with Crippen molar-refractivity contribution in [3.63, 3.8) is 0 Å². The highest BCUT2D eigenvalue weighted by Gasteiger charge is 2.44.